The fraction of sp³-hybridized carbons (Fsp3) is 0.400. The standard InChI is InChI=1S/C15H21N3O/c1-4-5-8-18-10-17-14(15(18)16)12-6-7-13(19-3)11(2)9-12/h6-7,9-10H,4-5,8,16H2,1-3H3. The van der Waals surface area contributed by atoms with Crippen molar-refractivity contribution in [2.24, 2.45) is 0 Å². The number of hydrogen-bond acceptors (Lipinski definition) is 3. The molecule has 0 unspecified atom stereocenters. The van der Waals surface area contributed by atoms with E-state index in [-0.39, 0.29) is 0 Å². The van der Waals surface area contributed by atoms with Crippen LogP contribution in [-0.4, -0.2) is 16.7 Å². The third kappa shape index (κ3) is 2.72. The molecule has 2 aromatic rings. The van der Waals surface area contributed by atoms with Crippen LogP contribution in [0.2, 0.25) is 0 Å². The SMILES string of the molecule is CCCCn1cnc(-c2ccc(OC)c(C)c2)c1N. The third-order valence-corrected chi connectivity index (χ3v) is 3.30. The van der Waals surface area contributed by atoms with Gasteiger partial charge in [-0.25, -0.2) is 4.98 Å². The van der Waals surface area contributed by atoms with Crippen LogP contribution < -0.4 is 10.5 Å². The topological polar surface area (TPSA) is 53.1 Å². The molecule has 0 aliphatic heterocycles. The lowest BCUT2D eigenvalue weighted by Crippen LogP contribution is -2.02. The number of aryl methyl sites for hydroxylation is 2. The molecule has 0 aliphatic rings. The molecule has 2 N–H and O–H groups in total. The highest BCUT2D eigenvalue weighted by Gasteiger charge is 2.11. The molecule has 0 saturated carbocycles. The Balaban J connectivity index is 2.31. The van der Waals surface area contributed by atoms with Crippen molar-refractivity contribution < 1.29 is 4.74 Å². The quantitative estimate of drug-likeness (QED) is 0.896. The van der Waals surface area contributed by atoms with Crippen LogP contribution in [-0.2, 0) is 6.54 Å². The van der Waals surface area contributed by atoms with Gasteiger partial charge < -0.3 is 15.0 Å². The second-order valence-corrected chi connectivity index (χ2v) is 4.71. The van der Waals surface area contributed by atoms with E-state index in [1.54, 1.807) is 7.11 Å². The van der Waals surface area contributed by atoms with Crippen LogP contribution in [0.15, 0.2) is 24.5 Å². The summed E-state index contributed by atoms with van der Waals surface area (Å²) in [7, 11) is 1.68. The lowest BCUT2D eigenvalue weighted by Gasteiger charge is -2.07. The Morgan fingerprint density at radius 2 is 2.16 bits per heavy atom. The maximum absolute atomic E-state index is 6.17. The highest BCUT2D eigenvalue weighted by atomic mass is 16.5. The zero-order chi connectivity index (χ0) is 13.8. The minimum atomic E-state index is 0.734. The summed E-state index contributed by atoms with van der Waals surface area (Å²) in [6.45, 7) is 5.11. The van der Waals surface area contributed by atoms with Gasteiger partial charge in [0.2, 0.25) is 0 Å². The molecule has 4 heteroatoms. The second kappa shape index (κ2) is 5.78. The molecule has 0 spiro atoms. The summed E-state index contributed by atoms with van der Waals surface area (Å²) < 4.78 is 7.28. The molecule has 0 fully saturated rings. The average Bonchev–Trinajstić information content (AvgIpc) is 2.77. The molecule has 102 valence electrons. The van der Waals surface area contributed by atoms with Crippen molar-refractivity contribution in [2.45, 2.75) is 33.2 Å². The lowest BCUT2D eigenvalue weighted by molar-refractivity contribution is 0.412. The van der Waals surface area contributed by atoms with Crippen LogP contribution >= 0.6 is 0 Å². The Morgan fingerprint density at radius 3 is 2.79 bits per heavy atom. The van der Waals surface area contributed by atoms with Crippen LogP contribution in [0, 0.1) is 6.92 Å². The molecule has 19 heavy (non-hydrogen) atoms. The Labute approximate surface area is 114 Å². The van der Waals surface area contributed by atoms with E-state index in [9.17, 15) is 0 Å². The van der Waals surface area contributed by atoms with Crippen molar-refractivity contribution in [3.8, 4) is 17.0 Å². The molecule has 1 aromatic carbocycles. The van der Waals surface area contributed by atoms with Gasteiger partial charge in [-0.15, -0.1) is 0 Å². The number of imidazole rings is 1. The van der Waals surface area contributed by atoms with Gasteiger partial charge in [-0.05, 0) is 37.1 Å². The van der Waals surface area contributed by atoms with Crippen molar-refractivity contribution in [3.63, 3.8) is 0 Å². The summed E-state index contributed by atoms with van der Waals surface area (Å²) >= 11 is 0. The van der Waals surface area contributed by atoms with Crippen molar-refractivity contribution >= 4 is 5.82 Å². The summed E-state index contributed by atoms with van der Waals surface area (Å²) in [6.07, 6.45) is 4.08. The third-order valence-electron chi connectivity index (χ3n) is 3.30. The van der Waals surface area contributed by atoms with E-state index in [0.717, 1.165) is 47.8 Å². The maximum atomic E-state index is 6.17. The molecule has 0 atom stereocenters. The fourth-order valence-electron chi connectivity index (χ4n) is 2.15. The van der Waals surface area contributed by atoms with Gasteiger partial charge in [0.05, 0.1) is 13.4 Å². The number of anilines is 1. The van der Waals surface area contributed by atoms with Crippen molar-refractivity contribution in [3.05, 3.63) is 30.1 Å². The van der Waals surface area contributed by atoms with Gasteiger partial charge >= 0.3 is 0 Å². The van der Waals surface area contributed by atoms with E-state index < -0.39 is 0 Å². The first kappa shape index (κ1) is 13.5. The normalized spacial score (nSPS) is 10.7. The average molecular weight is 259 g/mol. The number of nitrogens with zero attached hydrogens (tertiary/aromatic N) is 2. The highest BCUT2D eigenvalue weighted by Crippen LogP contribution is 2.28. The Morgan fingerprint density at radius 1 is 1.37 bits per heavy atom. The smallest absolute Gasteiger partial charge is 0.131 e. The van der Waals surface area contributed by atoms with E-state index in [1.165, 1.54) is 0 Å². The van der Waals surface area contributed by atoms with Crippen LogP contribution in [0.1, 0.15) is 25.3 Å². The summed E-state index contributed by atoms with van der Waals surface area (Å²) in [6, 6.07) is 6.01. The Hall–Kier alpha value is -1.97. The minimum Gasteiger partial charge on any atom is -0.496 e. The number of methoxy groups -OCH3 is 1. The number of benzene rings is 1. The molecule has 0 amide bonds. The van der Waals surface area contributed by atoms with E-state index in [1.807, 2.05) is 30.0 Å². The number of nitrogens with two attached hydrogens (primary N) is 1. The number of unbranched alkanes of at least 4 members (excludes halogenated alkanes) is 1. The van der Waals surface area contributed by atoms with Gasteiger partial charge in [0, 0.05) is 12.1 Å². The first-order valence-electron chi connectivity index (χ1n) is 6.63. The summed E-state index contributed by atoms with van der Waals surface area (Å²) in [5.74, 6) is 1.62. The second-order valence-electron chi connectivity index (χ2n) is 4.71. The van der Waals surface area contributed by atoms with Gasteiger partial charge in [0.1, 0.15) is 17.3 Å². The number of ether oxygens (including phenoxy) is 1. The van der Waals surface area contributed by atoms with Crippen LogP contribution in [0.3, 0.4) is 0 Å². The molecule has 0 saturated heterocycles. The molecule has 0 radical (unpaired) electrons. The lowest BCUT2D eigenvalue weighted by atomic mass is 10.1. The number of aromatic nitrogens is 2. The van der Waals surface area contributed by atoms with Gasteiger partial charge in [-0.1, -0.05) is 13.3 Å². The molecule has 2 rings (SSSR count). The van der Waals surface area contributed by atoms with E-state index in [4.69, 9.17) is 10.5 Å². The summed E-state index contributed by atoms with van der Waals surface area (Å²) in [5.41, 5.74) is 9.13. The van der Waals surface area contributed by atoms with Gasteiger partial charge in [0.25, 0.3) is 0 Å². The van der Waals surface area contributed by atoms with Crippen LogP contribution in [0.25, 0.3) is 11.3 Å². The Bertz CT molecular complexity index is 561. The first-order valence-corrected chi connectivity index (χ1v) is 6.63. The number of rotatable bonds is 5. The molecular weight excluding hydrogens is 238 g/mol. The van der Waals surface area contributed by atoms with Crippen molar-refractivity contribution in [2.75, 3.05) is 12.8 Å². The molecular formula is C15H21N3O. The van der Waals surface area contributed by atoms with Gasteiger partial charge in [-0.2, -0.15) is 0 Å². The number of nitrogen functional groups attached to an aromatic ring is 1. The molecule has 1 aromatic heterocycles. The predicted molar refractivity (Wildman–Crippen MR) is 78.3 cm³/mol. The van der Waals surface area contributed by atoms with Crippen molar-refractivity contribution in [1.82, 2.24) is 9.55 Å². The first-order chi connectivity index (χ1) is 9.17. The predicted octanol–water partition coefficient (Wildman–Crippen LogP) is 3.25. The zero-order valence-electron chi connectivity index (χ0n) is 11.8. The molecule has 0 bridgehead atoms. The summed E-state index contributed by atoms with van der Waals surface area (Å²) in [4.78, 5) is 4.43. The number of hydrogen-bond donors (Lipinski definition) is 1. The minimum absolute atomic E-state index is 0.734. The fourth-order valence-corrected chi connectivity index (χ4v) is 2.15. The molecule has 0 aliphatic carbocycles. The maximum Gasteiger partial charge on any atom is 0.131 e. The van der Waals surface area contributed by atoms with Crippen LogP contribution in [0.5, 0.6) is 5.75 Å². The molecule has 1 heterocycles. The van der Waals surface area contributed by atoms with Crippen molar-refractivity contribution in [1.29, 1.82) is 0 Å². The van der Waals surface area contributed by atoms with E-state index in [0.29, 0.717) is 0 Å². The summed E-state index contributed by atoms with van der Waals surface area (Å²) in [5, 5.41) is 0. The Kier molecular flexibility index (Phi) is 4.10. The monoisotopic (exact) mass is 259 g/mol. The van der Waals surface area contributed by atoms with Crippen LogP contribution in [0.4, 0.5) is 5.82 Å². The van der Waals surface area contributed by atoms with E-state index >= 15 is 0 Å². The highest BCUT2D eigenvalue weighted by molar-refractivity contribution is 5.71. The van der Waals surface area contributed by atoms with Gasteiger partial charge in [0.15, 0.2) is 0 Å². The molecule has 4 nitrogen and oxygen atoms in total. The van der Waals surface area contributed by atoms with Gasteiger partial charge in [-0.3, -0.25) is 0 Å². The zero-order valence-corrected chi connectivity index (χ0v) is 11.8. The van der Waals surface area contributed by atoms with E-state index in [2.05, 4.69) is 18.0 Å². The largest absolute Gasteiger partial charge is 0.496 e.